The average molecular weight is 368 g/mol. The number of carboxylic acid groups (broad SMARTS) is 1. The van der Waals surface area contributed by atoms with Gasteiger partial charge in [-0.3, -0.25) is 9.59 Å². The van der Waals surface area contributed by atoms with Gasteiger partial charge in [0.1, 0.15) is 0 Å². The number of amides is 1. The summed E-state index contributed by atoms with van der Waals surface area (Å²) >= 11 is 0. The Bertz CT molecular complexity index is 380. The SMILES string of the molecule is CCCCCCCCCCCCCCCCC=CC(CC(=O)O)C(N)=O. The zero-order chi connectivity index (χ0) is 19.5. The molecule has 0 saturated heterocycles. The summed E-state index contributed by atoms with van der Waals surface area (Å²) in [6.07, 6.45) is 22.9. The summed E-state index contributed by atoms with van der Waals surface area (Å²) in [5.74, 6) is -2.24. The first-order valence-corrected chi connectivity index (χ1v) is 10.8. The Morgan fingerprint density at radius 2 is 1.23 bits per heavy atom. The number of carboxylic acids is 1. The minimum atomic E-state index is -0.991. The fourth-order valence-corrected chi connectivity index (χ4v) is 3.17. The number of hydrogen-bond acceptors (Lipinski definition) is 2. The first-order chi connectivity index (χ1) is 12.6. The van der Waals surface area contributed by atoms with Crippen LogP contribution < -0.4 is 5.73 Å². The molecule has 1 atom stereocenters. The molecule has 152 valence electrons. The lowest BCUT2D eigenvalue weighted by molar-refractivity contribution is -0.139. The van der Waals surface area contributed by atoms with E-state index in [0.29, 0.717) is 0 Å². The first-order valence-electron chi connectivity index (χ1n) is 10.8. The molecule has 0 aliphatic rings. The number of aliphatic carboxylic acids is 1. The van der Waals surface area contributed by atoms with E-state index in [1.165, 1.54) is 83.5 Å². The Balaban J connectivity index is 3.36. The second kappa shape index (κ2) is 18.5. The summed E-state index contributed by atoms with van der Waals surface area (Å²) in [5, 5.41) is 8.73. The zero-order valence-electron chi connectivity index (χ0n) is 16.9. The van der Waals surface area contributed by atoms with Crippen molar-refractivity contribution in [3.63, 3.8) is 0 Å². The molecule has 1 unspecified atom stereocenters. The van der Waals surface area contributed by atoms with Crippen LogP contribution in [0.1, 0.15) is 110 Å². The number of carbonyl (C=O) groups is 2. The van der Waals surface area contributed by atoms with Crippen molar-refractivity contribution >= 4 is 11.9 Å². The van der Waals surface area contributed by atoms with Crippen molar-refractivity contribution in [1.29, 1.82) is 0 Å². The molecule has 0 rings (SSSR count). The number of rotatable bonds is 19. The summed E-state index contributed by atoms with van der Waals surface area (Å²) in [7, 11) is 0. The highest BCUT2D eigenvalue weighted by atomic mass is 16.4. The van der Waals surface area contributed by atoms with Gasteiger partial charge in [0.05, 0.1) is 12.3 Å². The highest BCUT2D eigenvalue weighted by Crippen LogP contribution is 2.13. The van der Waals surface area contributed by atoms with Crippen LogP contribution in [0.15, 0.2) is 12.2 Å². The van der Waals surface area contributed by atoms with Crippen LogP contribution in [0, 0.1) is 5.92 Å². The van der Waals surface area contributed by atoms with Crippen LogP contribution in [0.4, 0.5) is 0 Å². The molecule has 0 heterocycles. The van der Waals surface area contributed by atoms with Crippen LogP contribution in [0.5, 0.6) is 0 Å². The van der Waals surface area contributed by atoms with E-state index in [0.717, 1.165) is 12.8 Å². The van der Waals surface area contributed by atoms with Crippen molar-refractivity contribution in [2.75, 3.05) is 0 Å². The van der Waals surface area contributed by atoms with Gasteiger partial charge < -0.3 is 10.8 Å². The van der Waals surface area contributed by atoms with E-state index in [4.69, 9.17) is 10.8 Å². The lowest BCUT2D eigenvalue weighted by Gasteiger charge is -2.04. The van der Waals surface area contributed by atoms with E-state index in [-0.39, 0.29) is 6.42 Å². The lowest BCUT2D eigenvalue weighted by Crippen LogP contribution is -2.23. The average Bonchev–Trinajstić information content (AvgIpc) is 2.59. The van der Waals surface area contributed by atoms with Gasteiger partial charge in [-0.15, -0.1) is 0 Å². The Labute approximate surface area is 160 Å². The van der Waals surface area contributed by atoms with Gasteiger partial charge in [0.25, 0.3) is 0 Å². The summed E-state index contributed by atoms with van der Waals surface area (Å²) < 4.78 is 0. The Kier molecular flexibility index (Phi) is 17.5. The maximum Gasteiger partial charge on any atom is 0.304 e. The number of allylic oxidation sites excluding steroid dienone is 1. The second-order valence-corrected chi connectivity index (χ2v) is 7.42. The standard InChI is InChI=1S/C22H41NO3/c1-2-3-4-5-6-7-8-9-10-11-12-13-14-15-16-17-18-20(22(23)26)19-21(24)25/h17-18,20H,2-16,19H2,1H3,(H2,23,26)(H,24,25). The fourth-order valence-electron chi connectivity index (χ4n) is 3.17. The third kappa shape index (κ3) is 17.5. The van der Waals surface area contributed by atoms with Gasteiger partial charge in [0.2, 0.25) is 5.91 Å². The smallest absolute Gasteiger partial charge is 0.304 e. The molecule has 4 nitrogen and oxygen atoms in total. The van der Waals surface area contributed by atoms with E-state index in [1.807, 2.05) is 6.08 Å². The van der Waals surface area contributed by atoms with Crippen LogP contribution in [-0.2, 0) is 9.59 Å². The van der Waals surface area contributed by atoms with Crippen molar-refractivity contribution < 1.29 is 14.7 Å². The summed E-state index contributed by atoms with van der Waals surface area (Å²) in [6.45, 7) is 2.26. The highest BCUT2D eigenvalue weighted by Gasteiger charge is 2.15. The Hall–Kier alpha value is -1.32. The van der Waals surface area contributed by atoms with Crippen molar-refractivity contribution in [3.8, 4) is 0 Å². The zero-order valence-corrected chi connectivity index (χ0v) is 16.9. The second-order valence-electron chi connectivity index (χ2n) is 7.42. The van der Waals surface area contributed by atoms with Crippen LogP contribution in [0.3, 0.4) is 0 Å². The monoisotopic (exact) mass is 367 g/mol. The van der Waals surface area contributed by atoms with Crippen LogP contribution in [0.2, 0.25) is 0 Å². The minimum Gasteiger partial charge on any atom is -0.481 e. The fraction of sp³-hybridized carbons (Fsp3) is 0.818. The molecule has 0 aliphatic carbocycles. The minimum absolute atomic E-state index is 0.218. The third-order valence-corrected chi connectivity index (χ3v) is 4.85. The van der Waals surface area contributed by atoms with Crippen LogP contribution in [-0.4, -0.2) is 17.0 Å². The molecule has 0 fully saturated rings. The topological polar surface area (TPSA) is 80.4 Å². The molecule has 0 bridgehead atoms. The number of carbonyl (C=O) groups excluding carboxylic acids is 1. The molecule has 26 heavy (non-hydrogen) atoms. The largest absolute Gasteiger partial charge is 0.481 e. The molecule has 0 spiro atoms. The molecule has 0 aromatic heterocycles. The van der Waals surface area contributed by atoms with E-state index in [1.54, 1.807) is 6.08 Å². The van der Waals surface area contributed by atoms with Gasteiger partial charge in [-0.25, -0.2) is 0 Å². The van der Waals surface area contributed by atoms with Crippen LogP contribution >= 0.6 is 0 Å². The van der Waals surface area contributed by atoms with E-state index < -0.39 is 17.8 Å². The quantitative estimate of drug-likeness (QED) is 0.217. The molecule has 0 aromatic carbocycles. The number of unbranched alkanes of at least 4 members (excludes halogenated alkanes) is 14. The molecule has 0 saturated carbocycles. The lowest BCUT2D eigenvalue weighted by atomic mass is 10.0. The number of primary amides is 1. The van der Waals surface area contributed by atoms with Crippen molar-refractivity contribution in [3.05, 3.63) is 12.2 Å². The maximum atomic E-state index is 11.1. The molecule has 1 amide bonds. The predicted molar refractivity (Wildman–Crippen MR) is 109 cm³/mol. The van der Waals surface area contributed by atoms with Crippen molar-refractivity contribution in [1.82, 2.24) is 0 Å². The molecular formula is C22H41NO3. The van der Waals surface area contributed by atoms with E-state index in [2.05, 4.69) is 6.92 Å². The summed E-state index contributed by atoms with van der Waals surface area (Å²) in [5.41, 5.74) is 5.20. The van der Waals surface area contributed by atoms with Gasteiger partial charge in [0.15, 0.2) is 0 Å². The summed E-state index contributed by atoms with van der Waals surface area (Å²) in [6, 6.07) is 0. The van der Waals surface area contributed by atoms with E-state index in [9.17, 15) is 9.59 Å². The molecule has 4 heteroatoms. The Morgan fingerprint density at radius 1 is 0.808 bits per heavy atom. The molecular weight excluding hydrogens is 326 g/mol. The van der Waals surface area contributed by atoms with Gasteiger partial charge in [-0.05, 0) is 12.8 Å². The summed E-state index contributed by atoms with van der Waals surface area (Å²) in [4.78, 5) is 21.8. The molecule has 0 radical (unpaired) electrons. The number of hydrogen-bond donors (Lipinski definition) is 2. The molecule has 3 N–H and O–H groups in total. The third-order valence-electron chi connectivity index (χ3n) is 4.85. The Morgan fingerprint density at radius 3 is 1.62 bits per heavy atom. The highest BCUT2D eigenvalue weighted by molar-refractivity contribution is 5.83. The predicted octanol–water partition coefficient (Wildman–Crippen LogP) is 5.99. The van der Waals surface area contributed by atoms with Gasteiger partial charge in [-0.1, -0.05) is 103 Å². The van der Waals surface area contributed by atoms with E-state index >= 15 is 0 Å². The molecule has 0 aliphatic heterocycles. The molecule has 0 aromatic rings. The van der Waals surface area contributed by atoms with Crippen LogP contribution in [0.25, 0.3) is 0 Å². The van der Waals surface area contributed by atoms with Crippen molar-refractivity contribution in [2.45, 2.75) is 110 Å². The van der Waals surface area contributed by atoms with Gasteiger partial charge >= 0.3 is 5.97 Å². The number of nitrogens with two attached hydrogens (primary N) is 1. The van der Waals surface area contributed by atoms with Gasteiger partial charge in [0, 0.05) is 0 Å². The normalized spacial score (nSPS) is 12.5. The first kappa shape index (κ1) is 24.7. The maximum absolute atomic E-state index is 11.1. The van der Waals surface area contributed by atoms with Crippen molar-refractivity contribution in [2.24, 2.45) is 11.7 Å². The van der Waals surface area contributed by atoms with Gasteiger partial charge in [-0.2, -0.15) is 0 Å².